The van der Waals surface area contributed by atoms with Gasteiger partial charge in [0.1, 0.15) is 10.3 Å². The third-order valence-corrected chi connectivity index (χ3v) is 2.45. The maximum atomic E-state index is 11.4. The molecule has 0 atom stereocenters. The monoisotopic (exact) mass is 228 g/mol. The van der Waals surface area contributed by atoms with E-state index in [1.165, 1.54) is 0 Å². The van der Waals surface area contributed by atoms with Crippen LogP contribution in [0.25, 0.3) is 0 Å². The lowest BCUT2D eigenvalue weighted by atomic mass is 10.2. The van der Waals surface area contributed by atoms with E-state index < -0.39 is 0 Å². The molecule has 0 N–H and O–H groups in total. The first-order chi connectivity index (χ1) is 5.77. The second-order valence-corrected chi connectivity index (χ2v) is 3.77. The van der Waals surface area contributed by atoms with Crippen molar-refractivity contribution < 1.29 is 4.79 Å². The summed E-state index contributed by atoms with van der Waals surface area (Å²) in [5.74, 6) is 0.214. The van der Waals surface area contributed by atoms with Gasteiger partial charge < -0.3 is 0 Å². The molecule has 1 aliphatic rings. The van der Waals surface area contributed by atoms with Gasteiger partial charge in [-0.15, -0.1) is 0 Å². The minimum Gasteiger partial charge on any atom is -0.292 e. The lowest BCUT2D eigenvalue weighted by Crippen LogP contribution is -2.05. The van der Waals surface area contributed by atoms with Crippen LogP contribution in [0.5, 0.6) is 0 Å². The minimum absolute atomic E-state index is 0.214. The summed E-state index contributed by atoms with van der Waals surface area (Å²) >= 11 is 3.26. The van der Waals surface area contributed by atoms with Crippen molar-refractivity contribution in [3.8, 4) is 0 Å². The summed E-state index contributed by atoms with van der Waals surface area (Å²) in [4.78, 5) is 11.4. The molecule has 0 aliphatic carbocycles. The lowest BCUT2D eigenvalue weighted by molar-refractivity contribution is 0.0976. The predicted molar refractivity (Wildman–Crippen MR) is 48.1 cm³/mol. The van der Waals surface area contributed by atoms with Crippen LogP contribution in [0.3, 0.4) is 0 Å². The number of nitrogens with zero attached hydrogens (tertiary/aromatic N) is 2. The van der Waals surface area contributed by atoms with E-state index in [1.807, 2.05) is 0 Å². The maximum Gasteiger partial charge on any atom is 0.180 e. The van der Waals surface area contributed by atoms with Crippen molar-refractivity contribution in [2.45, 2.75) is 25.8 Å². The Hall–Kier alpha value is -0.640. The molecule has 0 saturated heterocycles. The molecule has 0 unspecified atom stereocenters. The first-order valence-electron chi connectivity index (χ1n) is 4.04. The number of aromatic nitrogens is 2. The van der Waals surface area contributed by atoms with Gasteiger partial charge in [-0.1, -0.05) is 0 Å². The van der Waals surface area contributed by atoms with Crippen molar-refractivity contribution in [1.82, 2.24) is 9.78 Å². The number of hydrogen-bond donors (Lipinski definition) is 0. The molecule has 3 nitrogen and oxygen atoms in total. The molecule has 0 bridgehead atoms. The normalized spacial score (nSPS) is 17.2. The zero-order valence-electron chi connectivity index (χ0n) is 6.59. The molecular formula is C8H9BrN2O. The summed E-state index contributed by atoms with van der Waals surface area (Å²) in [5.41, 5.74) is 0.749. The topological polar surface area (TPSA) is 34.9 Å². The van der Waals surface area contributed by atoms with Crippen LogP contribution < -0.4 is 0 Å². The van der Waals surface area contributed by atoms with Crippen molar-refractivity contribution in [2.75, 3.05) is 0 Å². The molecule has 0 radical (unpaired) electrons. The van der Waals surface area contributed by atoms with Gasteiger partial charge in [-0.25, -0.2) is 0 Å². The Kier molecular flexibility index (Phi) is 2.00. The summed E-state index contributed by atoms with van der Waals surface area (Å²) in [6.45, 7) is 0.868. The SMILES string of the molecule is O=C1CCCCn2nc(Br)cc21. The summed E-state index contributed by atoms with van der Waals surface area (Å²) in [5, 5.41) is 4.17. The molecule has 0 aromatic carbocycles. The standard InChI is InChI=1S/C8H9BrN2O/c9-8-5-6-7(12)3-1-2-4-11(6)10-8/h5H,1-4H2. The highest BCUT2D eigenvalue weighted by atomic mass is 79.9. The molecular weight excluding hydrogens is 220 g/mol. The van der Waals surface area contributed by atoms with Crippen LogP contribution in [0.2, 0.25) is 0 Å². The van der Waals surface area contributed by atoms with E-state index in [-0.39, 0.29) is 5.78 Å². The largest absolute Gasteiger partial charge is 0.292 e. The number of hydrogen-bond acceptors (Lipinski definition) is 2. The van der Waals surface area contributed by atoms with Gasteiger partial charge in [0.05, 0.1) is 0 Å². The van der Waals surface area contributed by atoms with Crippen LogP contribution in [-0.4, -0.2) is 15.6 Å². The third kappa shape index (κ3) is 1.31. The van der Waals surface area contributed by atoms with Crippen LogP contribution in [0.4, 0.5) is 0 Å². The fourth-order valence-electron chi connectivity index (χ4n) is 1.46. The van der Waals surface area contributed by atoms with Gasteiger partial charge in [-0.3, -0.25) is 9.48 Å². The van der Waals surface area contributed by atoms with Crippen molar-refractivity contribution >= 4 is 21.7 Å². The van der Waals surface area contributed by atoms with Gasteiger partial charge in [0.2, 0.25) is 0 Å². The number of carbonyl (C=O) groups excluding carboxylic acids is 1. The number of rotatable bonds is 0. The Morgan fingerprint density at radius 3 is 3.17 bits per heavy atom. The summed E-state index contributed by atoms with van der Waals surface area (Å²) < 4.78 is 2.55. The van der Waals surface area contributed by atoms with Gasteiger partial charge in [0, 0.05) is 19.0 Å². The van der Waals surface area contributed by atoms with E-state index in [2.05, 4.69) is 21.0 Å². The van der Waals surface area contributed by atoms with Gasteiger partial charge >= 0.3 is 0 Å². The number of Topliss-reactive ketones (excluding diaryl/α,β-unsaturated/α-hetero) is 1. The fourth-order valence-corrected chi connectivity index (χ4v) is 1.86. The van der Waals surface area contributed by atoms with Crippen LogP contribution in [0.15, 0.2) is 10.7 Å². The number of aryl methyl sites for hydroxylation is 1. The average molecular weight is 229 g/mol. The molecule has 0 saturated carbocycles. The smallest absolute Gasteiger partial charge is 0.180 e. The van der Waals surface area contributed by atoms with Crippen molar-refractivity contribution in [2.24, 2.45) is 0 Å². The zero-order chi connectivity index (χ0) is 8.55. The number of carbonyl (C=O) groups is 1. The molecule has 4 heteroatoms. The molecule has 64 valence electrons. The summed E-state index contributed by atoms with van der Waals surface area (Å²) in [6, 6.07) is 1.80. The van der Waals surface area contributed by atoms with Crippen molar-refractivity contribution in [3.63, 3.8) is 0 Å². The van der Waals surface area contributed by atoms with E-state index in [4.69, 9.17) is 0 Å². The molecule has 12 heavy (non-hydrogen) atoms. The molecule has 1 aliphatic heterocycles. The van der Waals surface area contributed by atoms with Gasteiger partial charge in [0.15, 0.2) is 5.78 Å². The highest BCUT2D eigenvalue weighted by molar-refractivity contribution is 9.10. The van der Waals surface area contributed by atoms with Crippen LogP contribution in [0.1, 0.15) is 29.8 Å². The highest BCUT2D eigenvalue weighted by Crippen LogP contribution is 2.17. The first-order valence-corrected chi connectivity index (χ1v) is 4.83. The van der Waals surface area contributed by atoms with E-state index >= 15 is 0 Å². The van der Waals surface area contributed by atoms with Crippen molar-refractivity contribution in [3.05, 3.63) is 16.4 Å². The Morgan fingerprint density at radius 2 is 2.33 bits per heavy atom. The zero-order valence-corrected chi connectivity index (χ0v) is 8.17. The number of ketones is 1. The third-order valence-electron chi connectivity index (χ3n) is 2.06. The van der Waals surface area contributed by atoms with Crippen molar-refractivity contribution in [1.29, 1.82) is 0 Å². The molecule has 1 aromatic heterocycles. The highest BCUT2D eigenvalue weighted by Gasteiger charge is 2.16. The van der Waals surface area contributed by atoms with Gasteiger partial charge in [-0.2, -0.15) is 5.10 Å². The first kappa shape index (κ1) is 7.98. The van der Waals surface area contributed by atoms with Crippen LogP contribution in [-0.2, 0) is 6.54 Å². The molecule has 1 aromatic rings. The van der Waals surface area contributed by atoms with Gasteiger partial charge in [-0.05, 0) is 28.8 Å². The summed E-state index contributed by atoms with van der Waals surface area (Å²) in [7, 11) is 0. The maximum absolute atomic E-state index is 11.4. The van der Waals surface area contributed by atoms with Crippen LogP contribution >= 0.6 is 15.9 Å². The van der Waals surface area contributed by atoms with E-state index in [0.29, 0.717) is 6.42 Å². The fraction of sp³-hybridized carbons (Fsp3) is 0.500. The predicted octanol–water partition coefficient (Wildman–Crippen LogP) is 2.01. The number of fused-ring (bicyclic) bond motifs is 1. The molecule has 0 fully saturated rings. The van der Waals surface area contributed by atoms with Gasteiger partial charge in [0.25, 0.3) is 0 Å². The molecule has 2 heterocycles. The second-order valence-electron chi connectivity index (χ2n) is 2.96. The molecule has 0 amide bonds. The molecule has 0 spiro atoms. The summed E-state index contributed by atoms with van der Waals surface area (Å²) in [6.07, 6.45) is 2.70. The quantitative estimate of drug-likeness (QED) is 0.682. The Balaban J connectivity index is 2.44. The van der Waals surface area contributed by atoms with E-state index in [1.54, 1.807) is 10.7 Å². The molecule has 2 rings (SSSR count). The lowest BCUT2D eigenvalue weighted by Gasteiger charge is -1.97. The minimum atomic E-state index is 0.214. The average Bonchev–Trinajstić information content (AvgIpc) is 2.33. The Labute approximate surface area is 78.9 Å². The Bertz CT molecular complexity index is 319. The Morgan fingerprint density at radius 1 is 1.50 bits per heavy atom. The van der Waals surface area contributed by atoms with Crippen LogP contribution in [0, 0.1) is 0 Å². The van der Waals surface area contributed by atoms with E-state index in [9.17, 15) is 4.79 Å². The number of halogens is 1. The second kappa shape index (κ2) is 3.01. The van der Waals surface area contributed by atoms with E-state index in [0.717, 1.165) is 29.7 Å².